The van der Waals surface area contributed by atoms with Crippen LogP contribution in [0.4, 0.5) is 0 Å². The molecule has 0 spiro atoms. The quantitative estimate of drug-likeness (QED) is 0.382. The van der Waals surface area contributed by atoms with Crippen LogP contribution in [0.2, 0.25) is 0 Å². The van der Waals surface area contributed by atoms with Gasteiger partial charge < -0.3 is 9.32 Å². The lowest BCUT2D eigenvalue weighted by atomic mass is 9.96. The third-order valence-electron chi connectivity index (χ3n) is 5.90. The first-order valence-corrected chi connectivity index (χ1v) is 11.7. The second-order valence-electron chi connectivity index (χ2n) is 7.97. The van der Waals surface area contributed by atoms with Gasteiger partial charge in [0.25, 0.3) is 0 Å². The number of rotatable bonds is 5. The molecule has 5 rings (SSSR count). The van der Waals surface area contributed by atoms with Crippen molar-refractivity contribution in [1.29, 1.82) is 0 Å². The van der Waals surface area contributed by atoms with Gasteiger partial charge in [0.15, 0.2) is 0 Å². The van der Waals surface area contributed by atoms with Crippen LogP contribution in [-0.4, -0.2) is 52.1 Å². The van der Waals surface area contributed by atoms with Crippen LogP contribution in [0.15, 0.2) is 93.8 Å². The Morgan fingerprint density at radius 2 is 1.39 bits per heavy atom. The summed E-state index contributed by atoms with van der Waals surface area (Å²) in [5.41, 5.74) is 3.27. The third-order valence-corrected chi connectivity index (χ3v) is 6.43. The smallest absolute Gasteiger partial charge is 0.311 e. The van der Waals surface area contributed by atoms with Crippen molar-refractivity contribution in [1.82, 2.24) is 20.0 Å². The first-order valence-electron chi connectivity index (χ1n) is 10.9. The summed E-state index contributed by atoms with van der Waals surface area (Å²) in [7, 11) is 0. The summed E-state index contributed by atoms with van der Waals surface area (Å²) in [4.78, 5) is 17.2. The Balaban J connectivity index is 1.30. The van der Waals surface area contributed by atoms with Crippen molar-refractivity contribution in [2.24, 2.45) is 0 Å². The molecule has 3 aromatic carbocycles. The molecular weight excluding hydrogens is 480 g/mol. The van der Waals surface area contributed by atoms with E-state index in [4.69, 9.17) is 4.42 Å². The van der Waals surface area contributed by atoms with E-state index < -0.39 is 0 Å². The summed E-state index contributed by atoms with van der Waals surface area (Å²) in [5, 5.41) is 8.05. The standard InChI is InChI=1S/C26H23BrN4O2/c27-22-13-11-20(12-14-22)23(19-7-3-1-4-8-19)30-15-17-31(18-16-30)26(32)25-29-28-24(33-25)21-9-5-2-6-10-21/h1-14,23H,15-18H2/t23-/m1/s1. The van der Waals surface area contributed by atoms with Gasteiger partial charge in [-0.2, -0.15) is 0 Å². The first kappa shape index (κ1) is 21.6. The molecule has 166 valence electrons. The highest BCUT2D eigenvalue weighted by Crippen LogP contribution is 2.30. The number of carbonyl (C=O) groups is 1. The fourth-order valence-electron chi connectivity index (χ4n) is 4.22. The van der Waals surface area contributed by atoms with Crippen LogP contribution in [0.5, 0.6) is 0 Å². The van der Waals surface area contributed by atoms with E-state index in [9.17, 15) is 4.79 Å². The number of carbonyl (C=O) groups excluding carboxylic acids is 1. The lowest BCUT2D eigenvalue weighted by Crippen LogP contribution is -2.50. The van der Waals surface area contributed by atoms with Crippen LogP contribution in [0.25, 0.3) is 11.5 Å². The van der Waals surface area contributed by atoms with Crippen LogP contribution in [0, 0.1) is 0 Å². The Hall–Kier alpha value is -3.29. The molecule has 1 saturated heterocycles. The number of aromatic nitrogens is 2. The van der Waals surface area contributed by atoms with E-state index in [2.05, 4.69) is 79.6 Å². The summed E-state index contributed by atoms with van der Waals surface area (Å²) in [6.07, 6.45) is 0. The number of piperazine rings is 1. The van der Waals surface area contributed by atoms with Crippen LogP contribution < -0.4 is 0 Å². The van der Waals surface area contributed by atoms with Gasteiger partial charge in [-0.25, -0.2) is 0 Å². The minimum atomic E-state index is -0.218. The summed E-state index contributed by atoms with van der Waals surface area (Å²) in [5.74, 6) is 0.177. The topological polar surface area (TPSA) is 62.5 Å². The molecule has 1 aromatic heterocycles. The van der Waals surface area contributed by atoms with Crippen LogP contribution in [0.3, 0.4) is 0 Å². The number of nitrogens with zero attached hydrogens (tertiary/aromatic N) is 4. The predicted molar refractivity (Wildman–Crippen MR) is 130 cm³/mol. The summed E-state index contributed by atoms with van der Waals surface area (Å²) in [6.45, 7) is 2.70. The van der Waals surface area contributed by atoms with Crippen LogP contribution in [-0.2, 0) is 0 Å². The molecule has 0 bridgehead atoms. The van der Waals surface area contributed by atoms with Crippen LogP contribution >= 0.6 is 15.9 Å². The molecule has 1 atom stereocenters. The maximum absolute atomic E-state index is 13.0. The molecule has 1 fully saturated rings. The van der Waals surface area contributed by atoms with Gasteiger partial charge in [0.1, 0.15) is 0 Å². The summed E-state index contributed by atoms with van der Waals surface area (Å²) >= 11 is 3.53. The van der Waals surface area contributed by atoms with E-state index in [0.29, 0.717) is 19.0 Å². The number of hydrogen-bond donors (Lipinski definition) is 0. The van der Waals surface area contributed by atoms with E-state index in [-0.39, 0.29) is 17.8 Å². The van der Waals surface area contributed by atoms with Crippen molar-refractivity contribution < 1.29 is 9.21 Å². The number of halogens is 1. The maximum Gasteiger partial charge on any atom is 0.311 e. The fraction of sp³-hybridized carbons (Fsp3) is 0.192. The second kappa shape index (κ2) is 9.68. The van der Waals surface area contributed by atoms with E-state index in [0.717, 1.165) is 23.1 Å². The van der Waals surface area contributed by atoms with Crippen molar-refractivity contribution in [3.63, 3.8) is 0 Å². The molecule has 6 nitrogen and oxygen atoms in total. The molecule has 0 N–H and O–H groups in total. The molecule has 1 aliphatic rings. The minimum Gasteiger partial charge on any atom is -0.412 e. The molecule has 0 radical (unpaired) electrons. The van der Waals surface area contributed by atoms with Crippen molar-refractivity contribution in [3.05, 3.63) is 106 Å². The maximum atomic E-state index is 13.0. The van der Waals surface area contributed by atoms with Gasteiger partial charge in [-0.15, -0.1) is 10.2 Å². The van der Waals surface area contributed by atoms with Gasteiger partial charge in [0.2, 0.25) is 5.89 Å². The summed E-state index contributed by atoms with van der Waals surface area (Å²) in [6, 6.07) is 28.6. The Kier molecular flexibility index (Phi) is 6.32. The Labute approximate surface area is 201 Å². The first-order chi connectivity index (χ1) is 16.2. The lowest BCUT2D eigenvalue weighted by Gasteiger charge is -2.39. The molecule has 1 amide bonds. The Morgan fingerprint density at radius 1 is 0.788 bits per heavy atom. The molecule has 33 heavy (non-hydrogen) atoms. The number of amides is 1. The number of benzene rings is 3. The van der Waals surface area contributed by atoms with E-state index >= 15 is 0 Å². The molecule has 2 heterocycles. The van der Waals surface area contributed by atoms with E-state index in [1.54, 1.807) is 4.90 Å². The molecule has 7 heteroatoms. The van der Waals surface area contributed by atoms with Crippen molar-refractivity contribution >= 4 is 21.8 Å². The van der Waals surface area contributed by atoms with Gasteiger partial charge in [-0.05, 0) is 35.4 Å². The minimum absolute atomic E-state index is 0.0369. The van der Waals surface area contributed by atoms with Gasteiger partial charge in [0.05, 0.1) is 6.04 Å². The van der Waals surface area contributed by atoms with Crippen LogP contribution in [0.1, 0.15) is 27.9 Å². The Morgan fingerprint density at radius 3 is 2.06 bits per heavy atom. The largest absolute Gasteiger partial charge is 0.412 e. The average Bonchev–Trinajstić information content (AvgIpc) is 3.37. The van der Waals surface area contributed by atoms with Crippen molar-refractivity contribution in [2.75, 3.05) is 26.2 Å². The molecule has 1 aliphatic heterocycles. The molecule has 4 aromatic rings. The highest BCUT2D eigenvalue weighted by atomic mass is 79.9. The zero-order chi connectivity index (χ0) is 22.6. The number of hydrogen-bond acceptors (Lipinski definition) is 5. The van der Waals surface area contributed by atoms with E-state index in [1.807, 2.05) is 36.4 Å². The summed E-state index contributed by atoms with van der Waals surface area (Å²) < 4.78 is 6.74. The zero-order valence-corrected chi connectivity index (χ0v) is 19.6. The highest BCUT2D eigenvalue weighted by Gasteiger charge is 2.30. The van der Waals surface area contributed by atoms with Crippen molar-refractivity contribution in [3.8, 4) is 11.5 Å². The van der Waals surface area contributed by atoms with Gasteiger partial charge >= 0.3 is 11.8 Å². The third kappa shape index (κ3) is 4.74. The van der Waals surface area contributed by atoms with Gasteiger partial charge in [-0.3, -0.25) is 9.69 Å². The van der Waals surface area contributed by atoms with Gasteiger partial charge in [0, 0.05) is 36.2 Å². The fourth-order valence-corrected chi connectivity index (χ4v) is 4.48. The Bertz CT molecular complexity index is 1200. The molecule has 0 unspecified atom stereocenters. The SMILES string of the molecule is O=C(c1nnc(-c2ccccc2)o1)N1CCN([C@H](c2ccccc2)c2ccc(Br)cc2)CC1. The lowest BCUT2D eigenvalue weighted by molar-refractivity contribution is 0.0561. The normalized spacial score (nSPS) is 15.4. The molecular formula is C26H23BrN4O2. The van der Waals surface area contributed by atoms with Crippen molar-refractivity contribution in [2.45, 2.75) is 6.04 Å². The highest BCUT2D eigenvalue weighted by molar-refractivity contribution is 9.10. The zero-order valence-electron chi connectivity index (χ0n) is 18.0. The second-order valence-corrected chi connectivity index (χ2v) is 8.89. The molecule has 0 aliphatic carbocycles. The predicted octanol–water partition coefficient (Wildman–Crippen LogP) is 5.05. The average molecular weight is 503 g/mol. The monoisotopic (exact) mass is 502 g/mol. The molecule has 0 saturated carbocycles. The van der Waals surface area contributed by atoms with E-state index in [1.165, 1.54) is 11.1 Å². The van der Waals surface area contributed by atoms with Gasteiger partial charge in [-0.1, -0.05) is 76.6 Å².